The molecule has 2 N–H and O–H groups in total. The van der Waals surface area contributed by atoms with Crippen molar-refractivity contribution in [2.45, 2.75) is 25.8 Å². The lowest BCUT2D eigenvalue weighted by atomic mass is 9.92. The smallest absolute Gasteiger partial charge is 0.246 e. The second-order valence-electron chi connectivity index (χ2n) is 4.90. The van der Waals surface area contributed by atoms with E-state index >= 15 is 0 Å². The Morgan fingerprint density at radius 2 is 2.50 bits per heavy atom. The van der Waals surface area contributed by atoms with Crippen LogP contribution in [0.15, 0.2) is 28.9 Å². The summed E-state index contributed by atoms with van der Waals surface area (Å²) in [6, 6.07) is 3.79. The van der Waals surface area contributed by atoms with Gasteiger partial charge in [0.2, 0.25) is 5.91 Å². The van der Waals surface area contributed by atoms with Crippen molar-refractivity contribution >= 4 is 12.0 Å². The van der Waals surface area contributed by atoms with E-state index < -0.39 is 0 Å². The average Bonchev–Trinajstić information content (AvgIpc) is 2.88. The third-order valence-corrected chi connectivity index (χ3v) is 3.47. The number of furan rings is 1. The van der Waals surface area contributed by atoms with Gasteiger partial charge >= 0.3 is 0 Å². The maximum absolute atomic E-state index is 12.1. The van der Waals surface area contributed by atoms with Crippen molar-refractivity contribution in [2.75, 3.05) is 13.1 Å². The molecule has 0 radical (unpaired) electrons. The van der Waals surface area contributed by atoms with Crippen molar-refractivity contribution in [3.63, 3.8) is 0 Å². The number of amides is 1. The van der Waals surface area contributed by atoms with Crippen LogP contribution in [0.4, 0.5) is 0 Å². The van der Waals surface area contributed by atoms with E-state index in [4.69, 9.17) is 10.2 Å². The second kappa shape index (κ2) is 5.87. The molecule has 1 amide bonds. The summed E-state index contributed by atoms with van der Waals surface area (Å²) < 4.78 is 5.16. The summed E-state index contributed by atoms with van der Waals surface area (Å²) in [6.07, 6.45) is 6.91. The molecule has 1 fully saturated rings. The van der Waals surface area contributed by atoms with E-state index in [1.165, 1.54) is 0 Å². The van der Waals surface area contributed by atoms with E-state index in [9.17, 15) is 4.79 Å². The van der Waals surface area contributed by atoms with Crippen molar-refractivity contribution in [3.05, 3.63) is 30.2 Å². The molecule has 0 bridgehead atoms. The minimum atomic E-state index is 0.0220. The van der Waals surface area contributed by atoms with Gasteiger partial charge in [-0.1, -0.05) is 6.92 Å². The Morgan fingerprint density at radius 1 is 1.67 bits per heavy atom. The third-order valence-electron chi connectivity index (χ3n) is 3.47. The molecule has 2 unspecified atom stereocenters. The Bertz CT molecular complexity index is 411. The summed E-state index contributed by atoms with van der Waals surface area (Å²) in [6.45, 7) is 3.54. The van der Waals surface area contributed by atoms with Crippen LogP contribution < -0.4 is 5.73 Å². The number of hydrogen-bond acceptors (Lipinski definition) is 3. The molecule has 1 aliphatic heterocycles. The summed E-state index contributed by atoms with van der Waals surface area (Å²) in [7, 11) is 0. The van der Waals surface area contributed by atoms with Crippen LogP contribution in [0.25, 0.3) is 6.08 Å². The number of likely N-dealkylation sites (tertiary alicyclic amines) is 1. The Kier molecular flexibility index (Phi) is 4.20. The molecule has 0 saturated carbocycles. The van der Waals surface area contributed by atoms with Gasteiger partial charge in [0.05, 0.1) is 6.26 Å². The molecule has 1 aliphatic rings. The van der Waals surface area contributed by atoms with Gasteiger partial charge in [0.25, 0.3) is 0 Å². The average molecular weight is 248 g/mol. The maximum Gasteiger partial charge on any atom is 0.246 e. The molecule has 1 aromatic rings. The zero-order valence-electron chi connectivity index (χ0n) is 10.7. The van der Waals surface area contributed by atoms with Crippen LogP contribution in [0.1, 0.15) is 25.5 Å². The standard InChI is InChI=1S/C14H20N2O2/c1-11-6-7-16(12(9-11)10-15)14(17)5-4-13-3-2-8-18-13/h2-5,8,11-12H,6-7,9-10,15H2,1H3/b5-4+. The SMILES string of the molecule is CC1CCN(C(=O)/C=C/c2ccco2)C(CN)C1. The Morgan fingerprint density at radius 3 is 3.17 bits per heavy atom. The predicted octanol–water partition coefficient (Wildman–Crippen LogP) is 1.88. The molecule has 0 aromatic carbocycles. The highest BCUT2D eigenvalue weighted by molar-refractivity contribution is 5.91. The number of nitrogens with zero attached hydrogens (tertiary/aromatic N) is 1. The first-order valence-corrected chi connectivity index (χ1v) is 6.43. The van der Waals surface area contributed by atoms with Gasteiger partial charge in [0.15, 0.2) is 0 Å². The van der Waals surface area contributed by atoms with Crippen molar-refractivity contribution < 1.29 is 9.21 Å². The van der Waals surface area contributed by atoms with Crippen molar-refractivity contribution in [1.82, 2.24) is 4.90 Å². The fourth-order valence-corrected chi connectivity index (χ4v) is 2.40. The maximum atomic E-state index is 12.1. The summed E-state index contributed by atoms with van der Waals surface area (Å²) in [5.41, 5.74) is 5.75. The van der Waals surface area contributed by atoms with E-state index in [1.807, 2.05) is 11.0 Å². The number of rotatable bonds is 3. The highest BCUT2D eigenvalue weighted by atomic mass is 16.3. The normalized spacial score (nSPS) is 24.7. The molecule has 1 saturated heterocycles. The van der Waals surface area contributed by atoms with Gasteiger partial charge < -0.3 is 15.1 Å². The molecule has 2 atom stereocenters. The highest BCUT2D eigenvalue weighted by Crippen LogP contribution is 2.22. The molecule has 1 aromatic heterocycles. The first kappa shape index (κ1) is 12.9. The molecule has 4 nitrogen and oxygen atoms in total. The van der Waals surface area contributed by atoms with Crippen LogP contribution in [-0.2, 0) is 4.79 Å². The van der Waals surface area contributed by atoms with Crippen LogP contribution in [0, 0.1) is 5.92 Å². The van der Waals surface area contributed by atoms with Gasteiger partial charge in [0, 0.05) is 25.2 Å². The minimum absolute atomic E-state index is 0.0220. The van der Waals surface area contributed by atoms with Crippen LogP contribution in [0.2, 0.25) is 0 Å². The van der Waals surface area contributed by atoms with Gasteiger partial charge in [0.1, 0.15) is 5.76 Å². The number of piperidine rings is 1. The van der Waals surface area contributed by atoms with E-state index in [1.54, 1.807) is 24.5 Å². The number of hydrogen-bond donors (Lipinski definition) is 1. The first-order chi connectivity index (χ1) is 8.70. The third kappa shape index (κ3) is 3.01. The van der Waals surface area contributed by atoms with Gasteiger partial charge in [-0.15, -0.1) is 0 Å². The van der Waals surface area contributed by atoms with E-state index in [-0.39, 0.29) is 11.9 Å². The molecule has 2 rings (SSSR count). The van der Waals surface area contributed by atoms with Crippen molar-refractivity contribution in [3.8, 4) is 0 Å². The van der Waals surface area contributed by atoms with Crippen LogP contribution in [-0.4, -0.2) is 29.9 Å². The van der Waals surface area contributed by atoms with Gasteiger partial charge in [-0.05, 0) is 37.0 Å². The first-order valence-electron chi connectivity index (χ1n) is 6.43. The van der Waals surface area contributed by atoms with E-state index in [0.29, 0.717) is 18.2 Å². The molecule has 0 aliphatic carbocycles. The fraction of sp³-hybridized carbons (Fsp3) is 0.500. The molecule has 98 valence electrons. The van der Waals surface area contributed by atoms with Crippen molar-refractivity contribution in [2.24, 2.45) is 11.7 Å². The molecular weight excluding hydrogens is 228 g/mol. The van der Waals surface area contributed by atoms with E-state index in [0.717, 1.165) is 19.4 Å². The lowest BCUT2D eigenvalue weighted by Gasteiger charge is -2.37. The Hall–Kier alpha value is -1.55. The van der Waals surface area contributed by atoms with E-state index in [2.05, 4.69) is 6.92 Å². The quantitative estimate of drug-likeness (QED) is 0.831. The molecule has 18 heavy (non-hydrogen) atoms. The summed E-state index contributed by atoms with van der Waals surface area (Å²) in [5.74, 6) is 1.36. The lowest BCUT2D eigenvalue weighted by Crippen LogP contribution is -2.48. The van der Waals surface area contributed by atoms with Gasteiger partial charge in [-0.3, -0.25) is 4.79 Å². The van der Waals surface area contributed by atoms with Crippen LogP contribution in [0.3, 0.4) is 0 Å². The lowest BCUT2D eigenvalue weighted by molar-refractivity contribution is -0.129. The fourth-order valence-electron chi connectivity index (χ4n) is 2.40. The monoisotopic (exact) mass is 248 g/mol. The largest absolute Gasteiger partial charge is 0.465 e. The van der Waals surface area contributed by atoms with Crippen LogP contribution in [0.5, 0.6) is 0 Å². The zero-order valence-corrected chi connectivity index (χ0v) is 10.7. The summed E-state index contributed by atoms with van der Waals surface area (Å²) in [5, 5.41) is 0. The molecule has 2 heterocycles. The van der Waals surface area contributed by atoms with Crippen molar-refractivity contribution in [1.29, 1.82) is 0 Å². The Labute approximate surface area is 107 Å². The predicted molar refractivity (Wildman–Crippen MR) is 70.7 cm³/mol. The molecular formula is C14H20N2O2. The van der Waals surface area contributed by atoms with Crippen LogP contribution >= 0.6 is 0 Å². The molecule has 0 spiro atoms. The van der Waals surface area contributed by atoms with Gasteiger partial charge in [-0.2, -0.15) is 0 Å². The number of nitrogens with two attached hydrogens (primary N) is 1. The summed E-state index contributed by atoms with van der Waals surface area (Å²) >= 11 is 0. The number of carbonyl (C=O) groups is 1. The zero-order chi connectivity index (χ0) is 13.0. The molecule has 4 heteroatoms. The Balaban J connectivity index is 1.99. The van der Waals surface area contributed by atoms with Gasteiger partial charge in [-0.25, -0.2) is 0 Å². The number of carbonyl (C=O) groups excluding carboxylic acids is 1. The highest BCUT2D eigenvalue weighted by Gasteiger charge is 2.27. The topological polar surface area (TPSA) is 59.5 Å². The second-order valence-corrected chi connectivity index (χ2v) is 4.90. The summed E-state index contributed by atoms with van der Waals surface area (Å²) in [4.78, 5) is 14.0. The minimum Gasteiger partial charge on any atom is -0.465 e.